The average Bonchev–Trinajstić information content (AvgIpc) is 2.35. The van der Waals surface area contributed by atoms with Gasteiger partial charge in [-0.2, -0.15) is 0 Å². The maximum absolute atomic E-state index is 11.4. The molecule has 3 atom stereocenters. The SMILES string of the molecule is CC1(C)C2C(=O)O[C@@H](C(Br)(Br)Br)C21. The second-order valence-electron chi connectivity index (χ2n) is 4.22. The highest BCUT2D eigenvalue weighted by Gasteiger charge is 2.73. The van der Waals surface area contributed by atoms with Gasteiger partial charge >= 0.3 is 5.97 Å². The van der Waals surface area contributed by atoms with E-state index in [1.165, 1.54) is 0 Å². The van der Waals surface area contributed by atoms with Gasteiger partial charge in [-0.1, -0.05) is 61.6 Å². The standard InChI is InChI=1S/C8H9Br3O2/c1-7(2)3-4(7)6(12)13-5(3)8(9,10)11/h3-5H,1-2H3/t3?,4?,5-/m1/s1. The van der Waals surface area contributed by atoms with Crippen LogP contribution in [0.4, 0.5) is 0 Å². The van der Waals surface area contributed by atoms with Gasteiger partial charge in [0.25, 0.3) is 0 Å². The molecule has 2 unspecified atom stereocenters. The molecule has 2 rings (SSSR count). The van der Waals surface area contributed by atoms with Gasteiger partial charge in [-0.05, 0) is 5.41 Å². The Morgan fingerprint density at radius 1 is 1.38 bits per heavy atom. The van der Waals surface area contributed by atoms with Crippen molar-refractivity contribution in [3.8, 4) is 0 Å². The van der Waals surface area contributed by atoms with Crippen LogP contribution in [0.1, 0.15) is 13.8 Å². The van der Waals surface area contributed by atoms with Gasteiger partial charge in [0, 0.05) is 5.92 Å². The van der Waals surface area contributed by atoms with Crippen LogP contribution < -0.4 is 0 Å². The molecule has 1 aliphatic carbocycles. The summed E-state index contributed by atoms with van der Waals surface area (Å²) in [6.07, 6.45) is -0.125. The van der Waals surface area contributed by atoms with E-state index in [4.69, 9.17) is 4.74 Å². The molecule has 1 aliphatic heterocycles. The van der Waals surface area contributed by atoms with Gasteiger partial charge in [-0.15, -0.1) is 0 Å². The minimum atomic E-state index is -0.476. The third kappa shape index (κ3) is 1.42. The lowest BCUT2D eigenvalue weighted by Gasteiger charge is -2.24. The Hall–Kier alpha value is 0.910. The van der Waals surface area contributed by atoms with Crippen molar-refractivity contribution in [2.45, 2.75) is 22.1 Å². The summed E-state index contributed by atoms with van der Waals surface area (Å²) < 4.78 is 4.77. The molecule has 0 spiro atoms. The van der Waals surface area contributed by atoms with Gasteiger partial charge in [0.1, 0.15) is 6.10 Å². The van der Waals surface area contributed by atoms with Crippen molar-refractivity contribution in [1.29, 1.82) is 0 Å². The lowest BCUT2D eigenvalue weighted by Crippen LogP contribution is -2.30. The molecule has 0 aromatic heterocycles. The summed E-state index contributed by atoms with van der Waals surface area (Å²) in [6, 6.07) is 0. The van der Waals surface area contributed by atoms with E-state index in [1.807, 2.05) is 0 Å². The zero-order valence-electron chi connectivity index (χ0n) is 7.18. The summed E-state index contributed by atoms with van der Waals surface area (Å²) in [5, 5.41) is 0. The molecule has 5 heteroatoms. The molecular formula is C8H9Br3O2. The monoisotopic (exact) mass is 374 g/mol. The van der Waals surface area contributed by atoms with Crippen LogP contribution >= 0.6 is 47.8 Å². The van der Waals surface area contributed by atoms with Crippen LogP contribution in [-0.4, -0.2) is 14.2 Å². The van der Waals surface area contributed by atoms with Gasteiger partial charge in [-0.3, -0.25) is 4.79 Å². The number of cyclic esters (lactones) is 1. The molecule has 1 saturated heterocycles. The van der Waals surface area contributed by atoms with Gasteiger partial charge in [0.05, 0.1) is 5.92 Å². The van der Waals surface area contributed by atoms with Crippen LogP contribution in [0.3, 0.4) is 0 Å². The molecule has 13 heavy (non-hydrogen) atoms. The number of rotatable bonds is 0. The number of carbonyl (C=O) groups excluding carboxylic acids is 1. The Kier molecular flexibility index (Phi) is 2.19. The van der Waals surface area contributed by atoms with E-state index in [2.05, 4.69) is 61.6 Å². The maximum atomic E-state index is 11.4. The summed E-state index contributed by atoms with van der Waals surface area (Å²) in [4.78, 5) is 11.4. The largest absolute Gasteiger partial charge is 0.458 e. The summed E-state index contributed by atoms with van der Waals surface area (Å²) in [7, 11) is 0. The van der Waals surface area contributed by atoms with Crippen LogP contribution in [0.2, 0.25) is 0 Å². The predicted octanol–water partition coefficient (Wildman–Crippen LogP) is 3.02. The van der Waals surface area contributed by atoms with E-state index in [9.17, 15) is 4.79 Å². The first-order chi connectivity index (χ1) is 5.76. The summed E-state index contributed by atoms with van der Waals surface area (Å²) >= 11 is 10.2. The van der Waals surface area contributed by atoms with Crippen LogP contribution in [0.25, 0.3) is 0 Å². The number of carbonyl (C=O) groups is 1. The predicted molar refractivity (Wildman–Crippen MR) is 60.2 cm³/mol. The van der Waals surface area contributed by atoms with Crippen LogP contribution in [0, 0.1) is 17.3 Å². The van der Waals surface area contributed by atoms with Crippen molar-refractivity contribution in [2.75, 3.05) is 0 Å². The zero-order valence-corrected chi connectivity index (χ0v) is 11.9. The van der Waals surface area contributed by atoms with Crippen LogP contribution in [-0.2, 0) is 9.53 Å². The number of ether oxygens (including phenoxy) is 1. The molecule has 2 aliphatic rings. The van der Waals surface area contributed by atoms with E-state index in [-0.39, 0.29) is 23.4 Å². The van der Waals surface area contributed by atoms with E-state index < -0.39 is 2.14 Å². The number of hydrogen-bond donors (Lipinski definition) is 0. The normalized spacial score (nSPS) is 41.3. The minimum absolute atomic E-state index is 0.0669. The lowest BCUT2D eigenvalue weighted by atomic mass is 10.1. The topological polar surface area (TPSA) is 26.3 Å². The summed E-state index contributed by atoms with van der Waals surface area (Å²) in [5.41, 5.74) is 0.0978. The third-order valence-electron chi connectivity index (χ3n) is 3.06. The first-order valence-corrected chi connectivity index (χ1v) is 6.41. The summed E-state index contributed by atoms with van der Waals surface area (Å²) in [6.45, 7) is 4.21. The molecule has 0 bridgehead atoms. The fourth-order valence-electron chi connectivity index (χ4n) is 2.24. The Morgan fingerprint density at radius 3 is 2.15 bits per heavy atom. The number of esters is 1. The second-order valence-corrected chi connectivity index (χ2v) is 11.2. The number of halogens is 3. The summed E-state index contributed by atoms with van der Waals surface area (Å²) in [5.74, 6) is 0.338. The highest BCUT2D eigenvalue weighted by atomic mass is 80.0. The average molecular weight is 377 g/mol. The fourth-order valence-corrected chi connectivity index (χ4v) is 3.37. The van der Waals surface area contributed by atoms with Crippen molar-refractivity contribution in [2.24, 2.45) is 17.3 Å². The molecule has 74 valence electrons. The molecule has 1 heterocycles. The van der Waals surface area contributed by atoms with Crippen molar-refractivity contribution >= 4 is 53.8 Å². The fraction of sp³-hybridized carbons (Fsp3) is 0.875. The molecule has 1 saturated carbocycles. The van der Waals surface area contributed by atoms with Gasteiger partial charge in [-0.25, -0.2) is 0 Å². The van der Waals surface area contributed by atoms with Gasteiger partial charge in [0.15, 0.2) is 2.14 Å². The minimum Gasteiger partial charge on any atom is -0.458 e. The van der Waals surface area contributed by atoms with Crippen LogP contribution in [0.5, 0.6) is 0 Å². The molecular weight excluding hydrogens is 368 g/mol. The number of hydrogen-bond acceptors (Lipinski definition) is 2. The smallest absolute Gasteiger partial charge is 0.310 e. The Bertz CT molecular complexity index is 269. The van der Waals surface area contributed by atoms with Crippen molar-refractivity contribution < 1.29 is 9.53 Å². The second kappa shape index (κ2) is 2.73. The molecule has 0 N–H and O–H groups in total. The first kappa shape index (κ1) is 10.4. The quantitative estimate of drug-likeness (QED) is 0.480. The Morgan fingerprint density at radius 2 is 1.92 bits per heavy atom. The van der Waals surface area contributed by atoms with Gasteiger partial charge in [0.2, 0.25) is 0 Å². The molecule has 0 amide bonds. The van der Waals surface area contributed by atoms with E-state index in [0.717, 1.165) is 0 Å². The molecule has 0 aromatic rings. The van der Waals surface area contributed by atoms with Gasteiger partial charge < -0.3 is 4.74 Å². The Labute approximate surface area is 102 Å². The highest BCUT2D eigenvalue weighted by Crippen LogP contribution is 2.68. The van der Waals surface area contributed by atoms with E-state index in [0.29, 0.717) is 5.92 Å². The third-order valence-corrected chi connectivity index (χ3v) is 4.41. The Balaban J connectivity index is 2.24. The molecule has 0 radical (unpaired) electrons. The number of fused-ring (bicyclic) bond motifs is 1. The van der Waals surface area contributed by atoms with Crippen molar-refractivity contribution in [1.82, 2.24) is 0 Å². The molecule has 2 fully saturated rings. The first-order valence-electron chi connectivity index (χ1n) is 4.03. The van der Waals surface area contributed by atoms with E-state index in [1.54, 1.807) is 0 Å². The van der Waals surface area contributed by atoms with Crippen LogP contribution in [0.15, 0.2) is 0 Å². The van der Waals surface area contributed by atoms with Crippen molar-refractivity contribution in [3.63, 3.8) is 0 Å². The van der Waals surface area contributed by atoms with Crippen molar-refractivity contribution in [3.05, 3.63) is 0 Å². The highest BCUT2D eigenvalue weighted by molar-refractivity contribution is 9.39. The molecule has 2 nitrogen and oxygen atoms in total. The maximum Gasteiger partial charge on any atom is 0.310 e. The zero-order chi connectivity index (χ0) is 10.0. The number of alkyl halides is 3. The molecule has 0 aromatic carbocycles. The lowest BCUT2D eigenvalue weighted by molar-refractivity contribution is -0.146. The van der Waals surface area contributed by atoms with E-state index >= 15 is 0 Å².